The van der Waals surface area contributed by atoms with E-state index in [4.69, 9.17) is 11.1 Å². The Bertz CT molecular complexity index is 686. The lowest BCUT2D eigenvalue weighted by Crippen LogP contribution is -2.12. The maximum Gasteiger partial charge on any atom is 0.152 e. The minimum Gasteiger partial charge on any atom is -0.384 e. The number of nitrogen functional groups attached to an aromatic ring is 1. The summed E-state index contributed by atoms with van der Waals surface area (Å²) < 4.78 is 14.6. The van der Waals surface area contributed by atoms with E-state index in [0.717, 1.165) is 16.0 Å². The Kier molecular flexibility index (Phi) is 4.50. The number of nitrogens with one attached hydrogen (secondary N) is 1. The molecule has 0 aliphatic heterocycles. The fourth-order valence-electron chi connectivity index (χ4n) is 1.75. The van der Waals surface area contributed by atoms with Gasteiger partial charge in [-0.2, -0.15) is 0 Å². The van der Waals surface area contributed by atoms with Crippen LogP contribution in [0, 0.1) is 25.1 Å². The molecule has 0 aliphatic carbocycles. The Morgan fingerprint density at radius 2 is 1.90 bits per heavy atom. The minimum absolute atomic E-state index is 0.154. The summed E-state index contributed by atoms with van der Waals surface area (Å²) in [5.74, 6) is -0.539. The molecule has 0 bridgehead atoms. The molecule has 20 heavy (non-hydrogen) atoms. The van der Waals surface area contributed by atoms with Crippen molar-refractivity contribution in [3.05, 3.63) is 57.3 Å². The molecule has 0 saturated heterocycles. The molecule has 0 atom stereocenters. The van der Waals surface area contributed by atoms with E-state index >= 15 is 0 Å². The lowest BCUT2D eigenvalue weighted by molar-refractivity contribution is 0.594. The molecular formula is C15H14BrFN2S. The van der Waals surface area contributed by atoms with Crippen LogP contribution in [0.1, 0.15) is 16.7 Å². The van der Waals surface area contributed by atoms with E-state index in [-0.39, 0.29) is 16.1 Å². The van der Waals surface area contributed by atoms with E-state index in [9.17, 15) is 4.39 Å². The van der Waals surface area contributed by atoms with Gasteiger partial charge in [0.2, 0.25) is 0 Å². The summed E-state index contributed by atoms with van der Waals surface area (Å²) in [5.41, 5.74) is 8.02. The number of rotatable bonds is 3. The normalized spacial score (nSPS) is 10.6. The van der Waals surface area contributed by atoms with Crippen LogP contribution in [0.4, 0.5) is 4.39 Å². The number of nitrogens with two attached hydrogens (primary N) is 1. The highest BCUT2D eigenvalue weighted by Crippen LogP contribution is 2.36. The number of benzene rings is 2. The van der Waals surface area contributed by atoms with Crippen LogP contribution < -0.4 is 5.73 Å². The molecule has 2 aromatic carbocycles. The first-order chi connectivity index (χ1) is 9.40. The molecule has 104 valence electrons. The van der Waals surface area contributed by atoms with Gasteiger partial charge in [-0.05, 0) is 59.1 Å². The molecule has 5 heteroatoms. The quantitative estimate of drug-likeness (QED) is 0.624. The summed E-state index contributed by atoms with van der Waals surface area (Å²) >= 11 is 4.54. The van der Waals surface area contributed by atoms with Gasteiger partial charge in [0.25, 0.3) is 0 Å². The predicted octanol–water partition coefficient (Wildman–Crippen LogP) is 4.64. The molecular weight excluding hydrogens is 339 g/mol. The van der Waals surface area contributed by atoms with Crippen molar-refractivity contribution < 1.29 is 4.39 Å². The van der Waals surface area contributed by atoms with Gasteiger partial charge < -0.3 is 5.73 Å². The third kappa shape index (κ3) is 3.04. The van der Waals surface area contributed by atoms with Gasteiger partial charge in [-0.1, -0.05) is 23.9 Å². The van der Waals surface area contributed by atoms with Crippen molar-refractivity contribution in [1.29, 1.82) is 5.41 Å². The molecule has 3 N–H and O–H groups in total. The van der Waals surface area contributed by atoms with Crippen LogP contribution in [0.25, 0.3) is 0 Å². The van der Waals surface area contributed by atoms with E-state index < -0.39 is 0 Å². The molecule has 0 fully saturated rings. The highest BCUT2D eigenvalue weighted by molar-refractivity contribution is 9.10. The Hall–Kier alpha value is -1.33. The van der Waals surface area contributed by atoms with Gasteiger partial charge in [0, 0.05) is 15.4 Å². The molecule has 0 spiro atoms. The summed E-state index contributed by atoms with van der Waals surface area (Å²) in [7, 11) is 0. The third-order valence-electron chi connectivity index (χ3n) is 2.90. The fraction of sp³-hybridized carbons (Fsp3) is 0.133. The van der Waals surface area contributed by atoms with Crippen LogP contribution in [0.3, 0.4) is 0 Å². The molecule has 0 saturated carbocycles. The number of hydrogen-bond acceptors (Lipinski definition) is 2. The minimum atomic E-state index is -0.386. The molecule has 2 rings (SSSR count). The molecule has 0 heterocycles. The van der Waals surface area contributed by atoms with E-state index in [1.165, 1.54) is 11.8 Å². The zero-order valence-electron chi connectivity index (χ0n) is 11.1. The van der Waals surface area contributed by atoms with Gasteiger partial charge in [-0.3, -0.25) is 5.41 Å². The molecule has 2 nitrogen and oxygen atoms in total. The average molecular weight is 353 g/mol. The Balaban J connectivity index is 2.42. The Labute approximate surface area is 130 Å². The molecule has 0 amide bonds. The van der Waals surface area contributed by atoms with Crippen molar-refractivity contribution in [2.75, 3.05) is 0 Å². The zero-order chi connectivity index (χ0) is 14.9. The van der Waals surface area contributed by atoms with E-state index in [1.807, 2.05) is 32.0 Å². The monoisotopic (exact) mass is 352 g/mol. The first-order valence-electron chi connectivity index (χ1n) is 5.97. The second-order valence-corrected chi connectivity index (χ2v) is 6.40. The van der Waals surface area contributed by atoms with Crippen molar-refractivity contribution >= 4 is 33.5 Å². The number of hydrogen-bond donors (Lipinski definition) is 2. The van der Waals surface area contributed by atoms with E-state index in [0.29, 0.717) is 10.5 Å². The number of aryl methyl sites for hydroxylation is 2. The van der Waals surface area contributed by atoms with Crippen LogP contribution in [-0.2, 0) is 0 Å². The Morgan fingerprint density at radius 3 is 2.55 bits per heavy atom. The molecule has 0 aromatic heterocycles. The van der Waals surface area contributed by atoms with Crippen molar-refractivity contribution in [2.24, 2.45) is 5.73 Å². The van der Waals surface area contributed by atoms with Crippen molar-refractivity contribution in [2.45, 2.75) is 23.6 Å². The molecule has 2 aromatic rings. The SMILES string of the molecule is Cc1ccc(C)c(Sc2ccc(C(=N)N)c(Br)c2F)c1. The second-order valence-electron chi connectivity index (χ2n) is 4.52. The summed E-state index contributed by atoms with van der Waals surface area (Å²) in [6.45, 7) is 4.01. The fourth-order valence-corrected chi connectivity index (χ4v) is 3.48. The summed E-state index contributed by atoms with van der Waals surface area (Å²) in [5, 5.41) is 7.40. The summed E-state index contributed by atoms with van der Waals surface area (Å²) in [4.78, 5) is 1.53. The third-order valence-corrected chi connectivity index (χ3v) is 4.87. The lowest BCUT2D eigenvalue weighted by Gasteiger charge is -2.10. The largest absolute Gasteiger partial charge is 0.384 e. The summed E-state index contributed by atoms with van der Waals surface area (Å²) in [6.07, 6.45) is 0. The van der Waals surface area contributed by atoms with Crippen LogP contribution in [-0.4, -0.2) is 5.84 Å². The van der Waals surface area contributed by atoms with Gasteiger partial charge in [0.1, 0.15) is 5.84 Å². The van der Waals surface area contributed by atoms with Gasteiger partial charge in [0.15, 0.2) is 5.82 Å². The number of halogens is 2. The highest BCUT2D eigenvalue weighted by atomic mass is 79.9. The average Bonchev–Trinajstić information content (AvgIpc) is 2.39. The second kappa shape index (κ2) is 5.97. The van der Waals surface area contributed by atoms with Gasteiger partial charge >= 0.3 is 0 Å². The van der Waals surface area contributed by atoms with Crippen molar-refractivity contribution in [1.82, 2.24) is 0 Å². The van der Waals surface area contributed by atoms with Crippen molar-refractivity contribution in [3.63, 3.8) is 0 Å². The Morgan fingerprint density at radius 1 is 1.20 bits per heavy atom. The topological polar surface area (TPSA) is 49.9 Å². The maximum absolute atomic E-state index is 14.3. The van der Waals surface area contributed by atoms with E-state index in [1.54, 1.807) is 12.1 Å². The van der Waals surface area contributed by atoms with Gasteiger partial charge in [-0.15, -0.1) is 0 Å². The van der Waals surface area contributed by atoms with Crippen LogP contribution in [0.5, 0.6) is 0 Å². The van der Waals surface area contributed by atoms with Crippen molar-refractivity contribution in [3.8, 4) is 0 Å². The first kappa shape index (κ1) is 15.1. The standard InChI is InChI=1S/C15H14BrFN2S/c1-8-3-4-9(2)12(7-8)20-11-6-5-10(15(18)19)13(16)14(11)17/h3-7H,1-2H3,(H3,18,19). The van der Waals surface area contributed by atoms with Gasteiger partial charge in [-0.25, -0.2) is 4.39 Å². The first-order valence-corrected chi connectivity index (χ1v) is 7.58. The van der Waals surface area contributed by atoms with Crippen LogP contribution >= 0.6 is 27.7 Å². The summed E-state index contributed by atoms with van der Waals surface area (Å²) in [6, 6.07) is 9.40. The maximum atomic E-state index is 14.3. The molecule has 0 radical (unpaired) electrons. The zero-order valence-corrected chi connectivity index (χ0v) is 13.5. The van der Waals surface area contributed by atoms with Crippen LogP contribution in [0.2, 0.25) is 0 Å². The van der Waals surface area contributed by atoms with Crippen LogP contribution in [0.15, 0.2) is 44.6 Å². The predicted molar refractivity (Wildman–Crippen MR) is 85.2 cm³/mol. The molecule has 0 unspecified atom stereocenters. The number of amidine groups is 1. The van der Waals surface area contributed by atoms with Gasteiger partial charge in [0.05, 0.1) is 4.47 Å². The highest BCUT2D eigenvalue weighted by Gasteiger charge is 2.14. The smallest absolute Gasteiger partial charge is 0.152 e. The lowest BCUT2D eigenvalue weighted by atomic mass is 10.2. The van der Waals surface area contributed by atoms with E-state index in [2.05, 4.69) is 15.9 Å². The molecule has 0 aliphatic rings.